The molecule has 0 radical (unpaired) electrons. The Morgan fingerprint density at radius 3 is 2.83 bits per heavy atom. The quantitative estimate of drug-likeness (QED) is 0.883. The van der Waals surface area contributed by atoms with Gasteiger partial charge in [0.05, 0.1) is 0 Å². The molecule has 0 saturated carbocycles. The van der Waals surface area contributed by atoms with Crippen LogP contribution in [0.15, 0.2) is 24.3 Å². The molecule has 2 rings (SSSR count). The molecule has 98 valence electrons. The van der Waals surface area contributed by atoms with Crippen LogP contribution in [0.4, 0.5) is 4.39 Å². The Morgan fingerprint density at radius 1 is 1.44 bits per heavy atom. The van der Waals surface area contributed by atoms with Crippen molar-refractivity contribution in [2.24, 2.45) is 0 Å². The molecule has 0 aromatic heterocycles. The Kier molecular flexibility index (Phi) is 4.31. The molecule has 3 nitrogen and oxygen atoms in total. The smallest absolute Gasteiger partial charge is 0.222 e. The van der Waals surface area contributed by atoms with E-state index in [1.807, 2.05) is 4.90 Å². The first-order valence-electron chi connectivity index (χ1n) is 6.41. The van der Waals surface area contributed by atoms with Crippen LogP contribution >= 0.6 is 0 Å². The van der Waals surface area contributed by atoms with E-state index in [0.717, 1.165) is 25.2 Å². The number of amides is 1. The average Bonchev–Trinajstić information content (AvgIpc) is 2.38. The standard InChI is InChI=1S/C14H19FN2O/c1-11-10-17(9-8-16-11)14(18)7-4-12-2-5-13(15)6-3-12/h2-3,5-6,11,16H,4,7-10H2,1H3. The number of nitrogens with zero attached hydrogens (tertiary/aromatic N) is 1. The zero-order chi connectivity index (χ0) is 13.0. The normalized spacial score (nSPS) is 19.9. The SMILES string of the molecule is CC1CN(C(=O)CCc2ccc(F)cc2)CCN1. The third kappa shape index (κ3) is 3.53. The maximum Gasteiger partial charge on any atom is 0.222 e. The fourth-order valence-electron chi connectivity index (χ4n) is 2.22. The number of carbonyl (C=O) groups is 1. The van der Waals surface area contributed by atoms with Gasteiger partial charge in [0.1, 0.15) is 5.82 Å². The Balaban J connectivity index is 1.82. The Labute approximate surface area is 107 Å². The summed E-state index contributed by atoms with van der Waals surface area (Å²) >= 11 is 0. The maximum atomic E-state index is 12.7. The van der Waals surface area contributed by atoms with Crippen molar-refractivity contribution in [3.8, 4) is 0 Å². The van der Waals surface area contributed by atoms with Crippen LogP contribution in [0.3, 0.4) is 0 Å². The second-order valence-corrected chi connectivity index (χ2v) is 4.82. The summed E-state index contributed by atoms with van der Waals surface area (Å²) in [6.07, 6.45) is 1.18. The highest BCUT2D eigenvalue weighted by Crippen LogP contribution is 2.08. The van der Waals surface area contributed by atoms with Crippen molar-refractivity contribution in [3.05, 3.63) is 35.6 Å². The molecule has 1 unspecified atom stereocenters. The van der Waals surface area contributed by atoms with Crippen molar-refractivity contribution in [1.82, 2.24) is 10.2 Å². The van der Waals surface area contributed by atoms with Crippen LogP contribution < -0.4 is 5.32 Å². The van der Waals surface area contributed by atoms with E-state index >= 15 is 0 Å². The van der Waals surface area contributed by atoms with Crippen LogP contribution in [0.5, 0.6) is 0 Å². The number of hydrogen-bond acceptors (Lipinski definition) is 2. The summed E-state index contributed by atoms with van der Waals surface area (Å²) in [5, 5.41) is 3.31. The predicted molar refractivity (Wildman–Crippen MR) is 68.8 cm³/mol. The van der Waals surface area contributed by atoms with Crippen molar-refractivity contribution >= 4 is 5.91 Å². The molecule has 1 aliphatic heterocycles. The summed E-state index contributed by atoms with van der Waals surface area (Å²) in [6.45, 7) is 4.51. The lowest BCUT2D eigenvalue weighted by Crippen LogP contribution is -2.51. The Hall–Kier alpha value is -1.42. The van der Waals surface area contributed by atoms with Crippen LogP contribution in [0.2, 0.25) is 0 Å². The van der Waals surface area contributed by atoms with Crippen LogP contribution in [0, 0.1) is 5.82 Å². The topological polar surface area (TPSA) is 32.3 Å². The molecule has 1 amide bonds. The van der Waals surface area contributed by atoms with Gasteiger partial charge in [-0.2, -0.15) is 0 Å². The Bertz CT molecular complexity index is 405. The molecule has 0 spiro atoms. The Morgan fingerprint density at radius 2 is 2.17 bits per heavy atom. The van der Waals surface area contributed by atoms with Gasteiger partial charge in [-0.3, -0.25) is 4.79 Å². The first kappa shape index (κ1) is 13.0. The predicted octanol–water partition coefficient (Wildman–Crippen LogP) is 1.58. The van der Waals surface area contributed by atoms with Gasteiger partial charge < -0.3 is 10.2 Å². The zero-order valence-corrected chi connectivity index (χ0v) is 10.7. The third-order valence-electron chi connectivity index (χ3n) is 3.26. The summed E-state index contributed by atoms with van der Waals surface area (Å²) in [7, 11) is 0. The highest BCUT2D eigenvalue weighted by atomic mass is 19.1. The minimum absolute atomic E-state index is 0.188. The van der Waals surface area contributed by atoms with Gasteiger partial charge in [0.25, 0.3) is 0 Å². The number of hydrogen-bond donors (Lipinski definition) is 1. The molecule has 1 fully saturated rings. The number of halogens is 1. The van der Waals surface area contributed by atoms with E-state index < -0.39 is 0 Å². The van der Waals surface area contributed by atoms with E-state index in [9.17, 15) is 9.18 Å². The van der Waals surface area contributed by atoms with Gasteiger partial charge in [-0.1, -0.05) is 12.1 Å². The fraction of sp³-hybridized carbons (Fsp3) is 0.500. The zero-order valence-electron chi connectivity index (χ0n) is 10.7. The maximum absolute atomic E-state index is 12.7. The number of rotatable bonds is 3. The average molecular weight is 250 g/mol. The largest absolute Gasteiger partial charge is 0.340 e. The second kappa shape index (κ2) is 5.96. The number of piperazine rings is 1. The van der Waals surface area contributed by atoms with Crippen molar-refractivity contribution in [3.63, 3.8) is 0 Å². The van der Waals surface area contributed by atoms with Gasteiger partial charge in [-0.25, -0.2) is 4.39 Å². The molecular formula is C14H19FN2O. The van der Waals surface area contributed by atoms with Crippen LogP contribution in [-0.2, 0) is 11.2 Å². The molecule has 1 aromatic rings. The summed E-state index contributed by atoms with van der Waals surface area (Å²) in [6, 6.07) is 6.72. The van der Waals surface area contributed by atoms with Gasteiger partial charge in [0, 0.05) is 32.1 Å². The third-order valence-corrected chi connectivity index (χ3v) is 3.26. The molecule has 0 aliphatic carbocycles. The van der Waals surface area contributed by atoms with Crippen LogP contribution in [0.1, 0.15) is 18.9 Å². The number of benzene rings is 1. The number of carbonyl (C=O) groups excluding carboxylic acids is 1. The minimum Gasteiger partial charge on any atom is -0.340 e. The highest BCUT2D eigenvalue weighted by Gasteiger charge is 2.19. The van der Waals surface area contributed by atoms with E-state index in [4.69, 9.17) is 0 Å². The van der Waals surface area contributed by atoms with E-state index in [0.29, 0.717) is 18.9 Å². The lowest BCUT2D eigenvalue weighted by molar-refractivity contribution is -0.132. The molecule has 1 aromatic carbocycles. The minimum atomic E-state index is -0.235. The van der Waals surface area contributed by atoms with Gasteiger partial charge in [-0.05, 0) is 31.0 Å². The number of nitrogens with one attached hydrogen (secondary N) is 1. The molecule has 1 N–H and O–H groups in total. The van der Waals surface area contributed by atoms with Crippen molar-refractivity contribution in [1.29, 1.82) is 0 Å². The van der Waals surface area contributed by atoms with Gasteiger partial charge in [0.2, 0.25) is 5.91 Å². The first-order valence-corrected chi connectivity index (χ1v) is 6.41. The molecule has 1 aliphatic rings. The van der Waals surface area contributed by atoms with Gasteiger partial charge in [0.15, 0.2) is 0 Å². The second-order valence-electron chi connectivity index (χ2n) is 4.82. The lowest BCUT2D eigenvalue weighted by atomic mass is 10.1. The van der Waals surface area contributed by atoms with Crippen LogP contribution in [-0.4, -0.2) is 36.5 Å². The summed E-state index contributed by atoms with van der Waals surface area (Å²) in [5.74, 6) is -0.0475. The molecule has 18 heavy (non-hydrogen) atoms. The fourth-order valence-corrected chi connectivity index (χ4v) is 2.22. The molecule has 1 heterocycles. The molecule has 1 saturated heterocycles. The van der Waals surface area contributed by atoms with E-state index in [2.05, 4.69) is 12.2 Å². The molecular weight excluding hydrogens is 231 g/mol. The van der Waals surface area contributed by atoms with Crippen molar-refractivity contribution in [2.45, 2.75) is 25.8 Å². The van der Waals surface area contributed by atoms with Gasteiger partial charge in [-0.15, -0.1) is 0 Å². The first-order chi connectivity index (χ1) is 8.65. The van der Waals surface area contributed by atoms with E-state index in [1.165, 1.54) is 12.1 Å². The van der Waals surface area contributed by atoms with Gasteiger partial charge >= 0.3 is 0 Å². The monoisotopic (exact) mass is 250 g/mol. The van der Waals surface area contributed by atoms with E-state index in [1.54, 1.807) is 12.1 Å². The van der Waals surface area contributed by atoms with Crippen LogP contribution in [0.25, 0.3) is 0 Å². The molecule has 1 atom stereocenters. The summed E-state index contributed by atoms with van der Waals surface area (Å²) in [4.78, 5) is 13.9. The number of aryl methyl sites for hydroxylation is 1. The van der Waals surface area contributed by atoms with Crippen molar-refractivity contribution in [2.75, 3.05) is 19.6 Å². The highest BCUT2D eigenvalue weighted by molar-refractivity contribution is 5.76. The van der Waals surface area contributed by atoms with Crippen molar-refractivity contribution < 1.29 is 9.18 Å². The van der Waals surface area contributed by atoms with E-state index in [-0.39, 0.29) is 11.7 Å². The molecule has 4 heteroatoms. The molecule has 0 bridgehead atoms. The summed E-state index contributed by atoms with van der Waals surface area (Å²) < 4.78 is 12.7. The summed E-state index contributed by atoms with van der Waals surface area (Å²) in [5.41, 5.74) is 1.01. The lowest BCUT2D eigenvalue weighted by Gasteiger charge is -2.32.